The van der Waals surface area contributed by atoms with Crippen LogP contribution in [-0.4, -0.2) is 26.7 Å². The third-order valence-electron chi connectivity index (χ3n) is 6.39. The van der Waals surface area contributed by atoms with Crippen molar-refractivity contribution in [1.82, 2.24) is 15.0 Å². The van der Waals surface area contributed by atoms with Gasteiger partial charge in [0.2, 0.25) is 0 Å². The molecule has 1 N–H and O–H groups in total. The average molecular weight is 468 g/mol. The van der Waals surface area contributed by atoms with E-state index in [1.807, 2.05) is 48.5 Å². The summed E-state index contributed by atoms with van der Waals surface area (Å²) in [5.74, 6) is 1.42. The summed E-state index contributed by atoms with van der Waals surface area (Å²) < 4.78 is 12.1. The highest BCUT2D eigenvalue weighted by Gasteiger charge is 2.17. The molecular weight excluding hydrogens is 438 g/mol. The van der Waals surface area contributed by atoms with E-state index in [1.54, 1.807) is 18.2 Å². The predicted molar refractivity (Wildman–Crippen MR) is 138 cm³/mol. The van der Waals surface area contributed by atoms with E-state index < -0.39 is 0 Å². The summed E-state index contributed by atoms with van der Waals surface area (Å²) in [4.78, 5) is 13.9. The zero-order valence-corrected chi connectivity index (χ0v) is 20.1. The second kappa shape index (κ2) is 10.1. The van der Waals surface area contributed by atoms with Crippen molar-refractivity contribution in [1.29, 1.82) is 0 Å². The molecule has 0 radical (unpaired) electrons. The summed E-state index contributed by atoms with van der Waals surface area (Å²) in [6, 6.07) is 21.2. The Bertz CT molecular complexity index is 1460. The molecular formula is C29H29N3O3. The van der Waals surface area contributed by atoms with Gasteiger partial charge in [0.1, 0.15) is 16.9 Å². The monoisotopic (exact) mass is 467 g/mol. The minimum Gasteiger partial charge on any atom is -0.507 e. The largest absolute Gasteiger partial charge is 0.507 e. The average Bonchev–Trinajstić information content (AvgIpc) is 3.27. The van der Waals surface area contributed by atoms with Crippen LogP contribution in [0.3, 0.4) is 0 Å². The molecule has 6 nitrogen and oxygen atoms in total. The van der Waals surface area contributed by atoms with E-state index in [4.69, 9.17) is 14.1 Å². The highest BCUT2D eigenvalue weighted by atomic mass is 16.5. The van der Waals surface area contributed by atoms with Gasteiger partial charge >= 0.3 is 6.01 Å². The first-order valence-electron chi connectivity index (χ1n) is 12.2. The number of aromatic hydroxyl groups is 1. The van der Waals surface area contributed by atoms with Crippen molar-refractivity contribution < 1.29 is 14.3 Å². The molecule has 0 saturated carbocycles. The van der Waals surface area contributed by atoms with E-state index >= 15 is 0 Å². The van der Waals surface area contributed by atoms with E-state index in [0.29, 0.717) is 29.7 Å². The fraction of sp³-hybridized carbons (Fsp3) is 0.276. The Morgan fingerprint density at radius 1 is 0.857 bits per heavy atom. The van der Waals surface area contributed by atoms with Crippen molar-refractivity contribution in [2.75, 3.05) is 6.61 Å². The summed E-state index contributed by atoms with van der Waals surface area (Å²) in [7, 11) is 0. The van der Waals surface area contributed by atoms with Crippen molar-refractivity contribution in [3.63, 3.8) is 0 Å². The number of fused-ring (bicyclic) bond motifs is 3. The molecule has 1 unspecified atom stereocenters. The van der Waals surface area contributed by atoms with E-state index in [1.165, 1.54) is 6.42 Å². The fourth-order valence-electron chi connectivity index (χ4n) is 4.29. The van der Waals surface area contributed by atoms with Crippen LogP contribution >= 0.6 is 0 Å². The van der Waals surface area contributed by atoms with Crippen LogP contribution in [-0.2, 0) is 0 Å². The predicted octanol–water partition coefficient (Wildman–Crippen LogP) is 7.41. The summed E-state index contributed by atoms with van der Waals surface area (Å²) in [6.07, 6.45) is 4.48. The Balaban J connectivity index is 1.57. The molecule has 1 atom stereocenters. The van der Waals surface area contributed by atoms with Crippen molar-refractivity contribution in [2.24, 2.45) is 5.92 Å². The summed E-state index contributed by atoms with van der Waals surface area (Å²) >= 11 is 0. The first kappa shape index (κ1) is 22.8. The lowest BCUT2D eigenvalue weighted by molar-refractivity contribution is 0.217. The number of furan rings is 1. The van der Waals surface area contributed by atoms with Crippen LogP contribution in [0.2, 0.25) is 0 Å². The number of aromatic nitrogens is 3. The van der Waals surface area contributed by atoms with Gasteiger partial charge in [-0.2, -0.15) is 9.97 Å². The van der Waals surface area contributed by atoms with Crippen molar-refractivity contribution in [3.05, 3.63) is 66.7 Å². The molecule has 5 rings (SSSR count). The van der Waals surface area contributed by atoms with Crippen LogP contribution in [0.25, 0.3) is 44.7 Å². The Morgan fingerprint density at radius 2 is 1.63 bits per heavy atom. The second-order valence-electron chi connectivity index (χ2n) is 8.82. The number of rotatable bonds is 9. The number of para-hydroxylation sites is 2. The molecule has 0 bridgehead atoms. The third kappa shape index (κ3) is 4.83. The Kier molecular flexibility index (Phi) is 6.62. The molecule has 0 spiro atoms. The maximum absolute atomic E-state index is 10.4. The lowest BCUT2D eigenvalue weighted by Gasteiger charge is -2.15. The normalized spacial score (nSPS) is 12.3. The van der Waals surface area contributed by atoms with Gasteiger partial charge in [0, 0.05) is 16.3 Å². The van der Waals surface area contributed by atoms with Gasteiger partial charge < -0.3 is 14.3 Å². The number of phenols is 1. The Labute approximate surface area is 204 Å². The lowest BCUT2D eigenvalue weighted by atomic mass is 10.0. The van der Waals surface area contributed by atoms with Crippen molar-refractivity contribution in [3.8, 4) is 34.5 Å². The molecule has 0 amide bonds. The van der Waals surface area contributed by atoms with Gasteiger partial charge in [0.15, 0.2) is 11.6 Å². The molecule has 0 saturated heterocycles. The van der Waals surface area contributed by atoms with Gasteiger partial charge in [-0.15, -0.1) is 0 Å². The number of nitrogens with zero attached hydrogens (tertiary/aromatic N) is 3. The number of phenolic OH excluding ortho intramolecular Hbond substituents is 1. The van der Waals surface area contributed by atoms with Gasteiger partial charge in [0.05, 0.1) is 12.2 Å². The number of hydrogen-bond acceptors (Lipinski definition) is 6. The van der Waals surface area contributed by atoms with Crippen LogP contribution in [0.4, 0.5) is 0 Å². The molecule has 35 heavy (non-hydrogen) atoms. The van der Waals surface area contributed by atoms with E-state index in [9.17, 15) is 5.11 Å². The summed E-state index contributed by atoms with van der Waals surface area (Å²) in [5, 5.41) is 12.5. The third-order valence-corrected chi connectivity index (χ3v) is 6.39. The van der Waals surface area contributed by atoms with E-state index in [2.05, 4.69) is 23.8 Å². The van der Waals surface area contributed by atoms with Crippen LogP contribution < -0.4 is 4.74 Å². The highest BCUT2D eigenvalue weighted by Crippen LogP contribution is 2.33. The SMILES string of the molecule is CCCCC(CC)COc1nc(-c2ccc3oc4ccccc4c3c2)nc(-c2ccccc2O)n1. The Hall–Kier alpha value is -3.93. The number of ether oxygens (including phenoxy) is 1. The van der Waals surface area contributed by atoms with Gasteiger partial charge in [-0.1, -0.05) is 63.4 Å². The van der Waals surface area contributed by atoms with Gasteiger partial charge in [-0.3, -0.25) is 0 Å². The minimum absolute atomic E-state index is 0.112. The number of hydrogen-bond donors (Lipinski definition) is 1. The molecule has 2 aromatic heterocycles. The molecule has 3 aromatic carbocycles. The molecule has 0 fully saturated rings. The number of benzene rings is 3. The van der Waals surface area contributed by atoms with Gasteiger partial charge in [-0.25, -0.2) is 4.98 Å². The first-order chi connectivity index (χ1) is 17.2. The molecule has 6 heteroatoms. The summed E-state index contributed by atoms with van der Waals surface area (Å²) in [5.41, 5.74) is 3.01. The zero-order chi connectivity index (χ0) is 24.2. The van der Waals surface area contributed by atoms with Crippen LogP contribution in [0, 0.1) is 5.92 Å². The van der Waals surface area contributed by atoms with E-state index in [-0.39, 0.29) is 11.8 Å². The standard InChI is InChI=1S/C29H29N3O3/c1-3-5-10-19(4-2)18-34-29-31-27(30-28(32-29)22-12-6-8-13-24(22)33)20-15-16-26-23(17-20)21-11-7-9-14-25(21)35-26/h6-9,11-17,19,33H,3-5,10,18H2,1-2H3. The topological polar surface area (TPSA) is 81.3 Å². The maximum atomic E-state index is 10.4. The van der Waals surface area contributed by atoms with Crippen molar-refractivity contribution >= 4 is 21.9 Å². The molecule has 178 valence electrons. The lowest BCUT2D eigenvalue weighted by Crippen LogP contribution is -2.13. The number of unbranched alkanes of at least 4 members (excludes halogenated alkanes) is 1. The minimum atomic E-state index is 0.112. The van der Waals surface area contributed by atoms with Gasteiger partial charge in [-0.05, 0) is 48.7 Å². The first-order valence-corrected chi connectivity index (χ1v) is 12.2. The van der Waals surface area contributed by atoms with E-state index in [0.717, 1.165) is 46.8 Å². The molecule has 5 aromatic rings. The second-order valence-corrected chi connectivity index (χ2v) is 8.82. The van der Waals surface area contributed by atoms with Crippen LogP contribution in [0.1, 0.15) is 39.5 Å². The summed E-state index contributed by atoms with van der Waals surface area (Å²) in [6.45, 7) is 4.93. The molecule has 2 heterocycles. The maximum Gasteiger partial charge on any atom is 0.320 e. The van der Waals surface area contributed by atoms with Crippen LogP contribution in [0.15, 0.2) is 71.1 Å². The van der Waals surface area contributed by atoms with Crippen molar-refractivity contribution in [2.45, 2.75) is 39.5 Å². The van der Waals surface area contributed by atoms with Crippen LogP contribution in [0.5, 0.6) is 11.8 Å². The quantitative estimate of drug-likeness (QED) is 0.243. The molecule has 0 aliphatic rings. The van der Waals surface area contributed by atoms with Gasteiger partial charge in [0.25, 0.3) is 0 Å². The smallest absolute Gasteiger partial charge is 0.320 e. The zero-order valence-electron chi connectivity index (χ0n) is 20.1. The fourth-order valence-corrected chi connectivity index (χ4v) is 4.29. The Morgan fingerprint density at radius 3 is 2.46 bits per heavy atom. The molecule has 0 aliphatic heterocycles. The highest BCUT2D eigenvalue weighted by molar-refractivity contribution is 6.06. The molecule has 0 aliphatic carbocycles.